The fraction of sp³-hybridized carbons (Fsp3) is 0.517. The molecule has 4 heterocycles. The number of halogens is 3. The van der Waals surface area contributed by atoms with Crippen molar-refractivity contribution in [3.05, 3.63) is 47.8 Å². The summed E-state index contributed by atoms with van der Waals surface area (Å²) >= 11 is 0. The minimum atomic E-state index is -2.62. The fourth-order valence-corrected chi connectivity index (χ4v) is 5.56. The third kappa shape index (κ3) is 6.47. The summed E-state index contributed by atoms with van der Waals surface area (Å²) in [5.74, 6) is -3.16. The lowest BCUT2D eigenvalue weighted by molar-refractivity contribution is -0.00179. The van der Waals surface area contributed by atoms with E-state index in [1.54, 1.807) is 16.6 Å². The number of nitrogens with one attached hydrogen (secondary N) is 2. The number of nitriles is 1. The molecule has 41 heavy (non-hydrogen) atoms. The molecule has 2 fully saturated rings. The van der Waals surface area contributed by atoms with Gasteiger partial charge in [-0.1, -0.05) is 0 Å². The van der Waals surface area contributed by atoms with Gasteiger partial charge in [-0.05, 0) is 63.8 Å². The molecule has 2 aliphatic rings. The number of nitrogens with zero attached hydrogens (tertiary/aromatic N) is 5. The first-order valence-corrected chi connectivity index (χ1v) is 13.8. The summed E-state index contributed by atoms with van der Waals surface area (Å²) in [6, 6.07) is 9.27. The summed E-state index contributed by atoms with van der Waals surface area (Å²) < 4.78 is 43.5. The third-order valence-corrected chi connectivity index (χ3v) is 8.02. The molecule has 0 radical (unpaired) electrons. The zero-order valence-electron chi connectivity index (χ0n) is 23.1. The highest BCUT2D eigenvalue weighted by molar-refractivity contribution is 6.00. The van der Waals surface area contributed by atoms with Crippen molar-refractivity contribution >= 4 is 17.1 Å². The van der Waals surface area contributed by atoms with E-state index in [1.165, 1.54) is 26.2 Å². The SMILES string of the molecule is CC(C)(O)[C@H](F)CNC(=O)c1cnc(-c2ccc3cc(C#N)cnn23)cc1NC1CCC(N2CCC(F)(F)C2)CC1. The second kappa shape index (κ2) is 11.3. The standard InChI is InChI=1S/C29H34F3N7O2/c1-28(2,41)26(30)16-35-27(40)22-15-34-24(25-8-7-21-11-18(13-33)14-36-39(21)25)12-23(22)37-19-3-5-20(6-4-19)38-10-9-29(31,32)17-38/h7-8,11-12,14-15,19-20,26,41H,3-6,9-10,16-17H2,1-2H3,(H,34,37)(H,35,40)/t19?,20?,26-/m1/s1. The number of amides is 1. The molecule has 1 aliphatic heterocycles. The van der Waals surface area contributed by atoms with Gasteiger partial charge in [0.05, 0.1) is 58.6 Å². The highest BCUT2D eigenvalue weighted by atomic mass is 19.3. The van der Waals surface area contributed by atoms with Crippen molar-refractivity contribution in [3.8, 4) is 17.5 Å². The first kappa shape index (κ1) is 28.8. The lowest BCUT2D eigenvalue weighted by atomic mass is 9.90. The molecule has 0 bridgehead atoms. The van der Waals surface area contributed by atoms with Gasteiger partial charge in [-0.3, -0.25) is 14.7 Å². The molecule has 1 amide bonds. The number of carbonyl (C=O) groups excluding carboxylic acids is 1. The summed E-state index contributed by atoms with van der Waals surface area (Å²) in [6.07, 6.45) is 4.12. The Hall–Kier alpha value is -3.69. The molecule has 0 unspecified atom stereocenters. The van der Waals surface area contributed by atoms with Crippen molar-refractivity contribution in [2.24, 2.45) is 0 Å². The lowest BCUT2D eigenvalue weighted by Gasteiger charge is -2.35. The van der Waals surface area contributed by atoms with Crippen LogP contribution in [-0.4, -0.2) is 79.9 Å². The molecule has 0 aromatic carbocycles. The number of carbonyl (C=O) groups is 1. The highest BCUT2D eigenvalue weighted by Crippen LogP contribution is 2.34. The first-order valence-electron chi connectivity index (χ1n) is 13.8. The Bertz CT molecular complexity index is 1450. The molecule has 3 N–H and O–H groups in total. The van der Waals surface area contributed by atoms with Gasteiger partial charge in [-0.2, -0.15) is 10.4 Å². The molecule has 1 atom stereocenters. The number of likely N-dealkylation sites (tertiary alicyclic amines) is 1. The second-order valence-corrected chi connectivity index (χ2v) is 11.6. The smallest absolute Gasteiger partial charge is 0.261 e. The molecule has 1 saturated heterocycles. The van der Waals surface area contributed by atoms with E-state index in [9.17, 15) is 28.3 Å². The van der Waals surface area contributed by atoms with E-state index in [1.807, 2.05) is 17.0 Å². The third-order valence-electron chi connectivity index (χ3n) is 8.02. The van der Waals surface area contributed by atoms with Crippen molar-refractivity contribution in [3.63, 3.8) is 0 Å². The van der Waals surface area contributed by atoms with E-state index >= 15 is 0 Å². The van der Waals surface area contributed by atoms with Crippen molar-refractivity contribution < 1.29 is 23.1 Å². The van der Waals surface area contributed by atoms with Gasteiger partial charge in [0.15, 0.2) is 0 Å². The van der Waals surface area contributed by atoms with Crippen LogP contribution in [0.25, 0.3) is 16.9 Å². The average Bonchev–Trinajstić information content (AvgIpc) is 3.53. The molecule has 9 nitrogen and oxygen atoms in total. The number of aliphatic hydroxyl groups is 1. The van der Waals surface area contributed by atoms with Crippen LogP contribution in [0.2, 0.25) is 0 Å². The van der Waals surface area contributed by atoms with Crippen LogP contribution in [0.1, 0.15) is 61.9 Å². The topological polar surface area (TPSA) is 119 Å². The molecule has 1 aliphatic carbocycles. The summed E-state index contributed by atoms with van der Waals surface area (Å²) in [5.41, 5.74) is 1.45. The van der Waals surface area contributed by atoms with E-state index in [-0.39, 0.29) is 37.2 Å². The molecule has 218 valence electrons. The number of pyridine rings is 1. The molecule has 1 saturated carbocycles. The summed E-state index contributed by atoms with van der Waals surface area (Å²) in [5, 5.41) is 29.5. The van der Waals surface area contributed by atoms with Crippen molar-refractivity contribution in [2.75, 3.05) is 25.0 Å². The minimum absolute atomic E-state index is 0.00170. The number of hydrogen-bond donors (Lipinski definition) is 3. The molecular weight excluding hydrogens is 535 g/mol. The van der Waals surface area contributed by atoms with E-state index < -0.39 is 23.6 Å². The van der Waals surface area contributed by atoms with Crippen LogP contribution in [0.4, 0.5) is 18.9 Å². The van der Waals surface area contributed by atoms with Crippen LogP contribution >= 0.6 is 0 Å². The predicted molar refractivity (Wildman–Crippen MR) is 147 cm³/mol. The van der Waals surface area contributed by atoms with Crippen LogP contribution in [-0.2, 0) is 0 Å². The molecule has 3 aromatic rings. The molecule has 5 rings (SSSR count). The largest absolute Gasteiger partial charge is 0.387 e. The highest BCUT2D eigenvalue weighted by Gasteiger charge is 2.41. The van der Waals surface area contributed by atoms with Crippen molar-refractivity contribution in [2.45, 2.75) is 75.7 Å². The second-order valence-electron chi connectivity index (χ2n) is 11.6. The maximum atomic E-state index is 14.3. The number of rotatable bonds is 8. The van der Waals surface area contributed by atoms with Gasteiger partial charge in [0.2, 0.25) is 0 Å². The van der Waals surface area contributed by atoms with Gasteiger partial charge in [-0.25, -0.2) is 17.7 Å². The van der Waals surface area contributed by atoms with E-state index in [2.05, 4.69) is 26.8 Å². The van der Waals surface area contributed by atoms with E-state index in [0.717, 1.165) is 25.7 Å². The summed E-state index contributed by atoms with van der Waals surface area (Å²) in [6.45, 7) is 2.51. The average molecular weight is 570 g/mol. The maximum absolute atomic E-state index is 14.3. The van der Waals surface area contributed by atoms with Crippen molar-refractivity contribution in [1.29, 1.82) is 5.26 Å². The number of alkyl halides is 3. The Labute approximate surface area is 236 Å². The van der Waals surface area contributed by atoms with Gasteiger partial charge in [0.25, 0.3) is 11.8 Å². The molecule has 12 heteroatoms. The predicted octanol–water partition coefficient (Wildman–Crippen LogP) is 4.17. The van der Waals surface area contributed by atoms with Crippen LogP contribution in [0, 0.1) is 11.3 Å². The lowest BCUT2D eigenvalue weighted by Crippen LogP contribution is -2.42. The Kier molecular flexibility index (Phi) is 7.94. The van der Waals surface area contributed by atoms with Crippen LogP contribution < -0.4 is 10.6 Å². The number of hydrogen-bond acceptors (Lipinski definition) is 7. The van der Waals surface area contributed by atoms with Crippen LogP contribution in [0.5, 0.6) is 0 Å². The molecule has 3 aromatic heterocycles. The number of anilines is 1. The van der Waals surface area contributed by atoms with Crippen LogP contribution in [0.15, 0.2) is 36.7 Å². The van der Waals surface area contributed by atoms with Gasteiger partial charge < -0.3 is 15.7 Å². The molecular formula is C29H34F3N7O2. The monoisotopic (exact) mass is 569 g/mol. The Balaban J connectivity index is 1.37. The van der Waals surface area contributed by atoms with Crippen LogP contribution in [0.3, 0.4) is 0 Å². The Morgan fingerprint density at radius 3 is 2.66 bits per heavy atom. The zero-order valence-corrected chi connectivity index (χ0v) is 23.1. The van der Waals surface area contributed by atoms with Gasteiger partial charge >= 0.3 is 0 Å². The van der Waals surface area contributed by atoms with Crippen molar-refractivity contribution in [1.82, 2.24) is 24.8 Å². The number of fused-ring (bicyclic) bond motifs is 1. The quantitative estimate of drug-likeness (QED) is 0.373. The van der Waals surface area contributed by atoms with Gasteiger partial charge in [0, 0.05) is 31.2 Å². The Morgan fingerprint density at radius 1 is 1.24 bits per heavy atom. The first-order chi connectivity index (χ1) is 19.4. The normalized spacial score (nSPS) is 21.9. The summed E-state index contributed by atoms with van der Waals surface area (Å²) in [7, 11) is 0. The number of aromatic nitrogens is 3. The van der Waals surface area contributed by atoms with E-state index in [0.29, 0.717) is 34.7 Å². The zero-order chi connectivity index (χ0) is 29.4. The van der Waals surface area contributed by atoms with E-state index in [4.69, 9.17) is 0 Å². The summed E-state index contributed by atoms with van der Waals surface area (Å²) in [4.78, 5) is 19.5. The minimum Gasteiger partial charge on any atom is -0.387 e. The van der Waals surface area contributed by atoms with Gasteiger partial charge in [0.1, 0.15) is 12.2 Å². The fourth-order valence-electron chi connectivity index (χ4n) is 5.56. The van der Waals surface area contributed by atoms with Gasteiger partial charge in [-0.15, -0.1) is 0 Å². The maximum Gasteiger partial charge on any atom is 0.261 e. The Morgan fingerprint density at radius 2 is 2.00 bits per heavy atom. The molecule has 0 spiro atoms.